The highest BCUT2D eigenvalue weighted by Crippen LogP contribution is 2.55. The van der Waals surface area contributed by atoms with E-state index in [4.69, 9.17) is 5.73 Å². The number of hydrogen-bond donors (Lipinski definition) is 2. The number of amides is 1. The Hall–Kier alpha value is -1.51. The number of carbonyl (C=O) groups excluding carboxylic acids is 1. The number of benzene rings is 1. The molecule has 3 N–H and O–H groups in total. The van der Waals surface area contributed by atoms with Gasteiger partial charge in [-0.25, -0.2) is 0 Å². The molecule has 2 aliphatic carbocycles. The van der Waals surface area contributed by atoms with Crippen LogP contribution in [0, 0.1) is 17.8 Å². The maximum Gasteiger partial charge on any atom is 0.228 e. The molecule has 2 atom stereocenters. The van der Waals surface area contributed by atoms with Crippen LogP contribution in [0.1, 0.15) is 25.7 Å². The highest BCUT2D eigenvalue weighted by atomic mass is 16.2. The Labute approximate surface area is 101 Å². The number of nitrogens with two attached hydrogens (primary N) is 1. The summed E-state index contributed by atoms with van der Waals surface area (Å²) in [6.07, 6.45) is 5.08. The number of carbonyl (C=O) groups is 1. The van der Waals surface area contributed by atoms with Crippen LogP contribution in [-0.4, -0.2) is 5.91 Å². The fourth-order valence-electron chi connectivity index (χ4n) is 3.17. The first kappa shape index (κ1) is 10.6. The number of anilines is 2. The number of fused-ring (bicyclic) bond motifs is 1. The van der Waals surface area contributed by atoms with Gasteiger partial charge in [0.25, 0.3) is 0 Å². The third-order valence-electron chi connectivity index (χ3n) is 4.14. The van der Waals surface area contributed by atoms with Gasteiger partial charge in [-0.3, -0.25) is 4.79 Å². The first-order chi connectivity index (χ1) is 8.25. The van der Waals surface area contributed by atoms with Gasteiger partial charge in [-0.15, -0.1) is 0 Å². The first-order valence-electron chi connectivity index (χ1n) is 6.42. The summed E-state index contributed by atoms with van der Waals surface area (Å²) < 4.78 is 0. The molecule has 0 spiro atoms. The van der Waals surface area contributed by atoms with Crippen molar-refractivity contribution in [3.05, 3.63) is 24.3 Å². The molecule has 90 valence electrons. The van der Waals surface area contributed by atoms with E-state index in [1.165, 1.54) is 25.7 Å². The van der Waals surface area contributed by atoms with E-state index in [1.54, 1.807) is 0 Å². The van der Waals surface area contributed by atoms with Crippen molar-refractivity contribution in [1.29, 1.82) is 0 Å². The van der Waals surface area contributed by atoms with Gasteiger partial charge in [0, 0.05) is 17.3 Å². The first-order valence-corrected chi connectivity index (χ1v) is 6.42. The summed E-state index contributed by atoms with van der Waals surface area (Å²) in [5.74, 6) is 1.80. The largest absolute Gasteiger partial charge is 0.399 e. The molecule has 2 fully saturated rings. The maximum atomic E-state index is 12.1. The summed E-state index contributed by atoms with van der Waals surface area (Å²) in [7, 11) is 0. The van der Waals surface area contributed by atoms with Crippen LogP contribution < -0.4 is 11.1 Å². The molecular weight excluding hydrogens is 212 g/mol. The summed E-state index contributed by atoms with van der Waals surface area (Å²) >= 11 is 0. The fourth-order valence-corrected chi connectivity index (χ4v) is 3.17. The predicted octanol–water partition coefficient (Wildman–Crippen LogP) is 2.64. The second-order valence-electron chi connectivity index (χ2n) is 5.25. The number of rotatable bonds is 2. The zero-order chi connectivity index (χ0) is 11.8. The van der Waals surface area contributed by atoms with E-state index in [1.807, 2.05) is 24.3 Å². The highest BCUT2D eigenvalue weighted by Gasteiger charge is 2.54. The van der Waals surface area contributed by atoms with E-state index in [0.29, 0.717) is 11.8 Å². The minimum absolute atomic E-state index is 0.201. The normalized spacial score (nSPS) is 30.5. The Morgan fingerprint density at radius 3 is 2.29 bits per heavy atom. The molecule has 0 aromatic heterocycles. The van der Waals surface area contributed by atoms with E-state index in [2.05, 4.69) is 5.32 Å². The third kappa shape index (κ3) is 2.02. The van der Waals surface area contributed by atoms with E-state index in [9.17, 15) is 4.79 Å². The Morgan fingerprint density at radius 1 is 1.12 bits per heavy atom. The maximum absolute atomic E-state index is 12.1. The monoisotopic (exact) mass is 230 g/mol. The molecule has 3 rings (SSSR count). The van der Waals surface area contributed by atoms with Gasteiger partial charge in [0.1, 0.15) is 0 Å². The molecule has 2 aliphatic rings. The average molecular weight is 230 g/mol. The van der Waals surface area contributed by atoms with Crippen LogP contribution in [0.5, 0.6) is 0 Å². The average Bonchev–Trinajstić information content (AvgIpc) is 3.06. The number of nitrogens with one attached hydrogen (secondary N) is 1. The molecule has 2 saturated carbocycles. The molecular formula is C14H18N2O. The third-order valence-corrected chi connectivity index (χ3v) is 4.14. The number of nitrogen functional groups attached to an aromatic ring is 1. The van der Waals surface area contributed by atoms with Crippen molar-refractivity contribution >= 4 is 17.3 Å². The van der Waals surface area contributed by atoms with Crippen molar-refractivity contribution in [3.63, 3.8) is 0 Å². The van der Waals surface area contributed by atoms with Crippen LogP contribution in [0.2, 0.25) is 0 Å². The molecule has 0 aliphatic heterocycles. The molecule has 17 heavy (non-hydrogen) atoms. The molecule has 2 unspecified atom stereocenters. The van der Waals surface area contributed by atoms with Crippen molar-refractivity contribution in [2.45, 2.75) is 25.7 Å². The summed E-state index contributed by atoms with van der Waals surface area (Å²) in [4.78, 5) is 12.1. The van der Waals surface area contributed by atoms with Crippen molar-refractivity contribution in [1.82, 2.24) is 0 Å². The lowest BCUT2D eigenvalue weighted by Gasteiger charge is -2.04. The zero-order valence-corrected chi connectivity index (χ0v) is 9.86. The molecule has 1 aromatic carbocycles. The van der Waals surface area contributed by atoms with Crippen LogP contribution in [-0.2, 0) is 4.79 Å². The molecule has 3 heteroatoms. The molecule has 1 aromatic rings. The van der Waals surface area contributed by atoms with Gasteiger partial charge >= 0.3 is 0 Å². The second-order valence-corrected chi connectivity index (χ2v) is 5.25. The van der Waals surface area contributed by atoms with Gasteiger partial charge < -0.3 is 11.1 Å². The van der Waals surface area contributed by atoms with Crippen LogP contribution in [0.4, 0.5) is 11.4 Å². The molecule has 1 amide bonds. The van der Waals surface area contributed by atoms with E-state index in [0.717, 1.165) is 11.4 Å². The fraction of sp³-hybridized carbons (Fsp3) is 0.500. The molecule has 3 nitrogen and oxygen atoms in total. The van der Waals surface area contributed by atoms with Gasteiger partial charge in [0.15, 0.2) is 0 Å². The second kappa shape index (κ2) is 4.06. The van der Waals surface area contributed by atoms with Gasteiger partial charge in [-0.05, 0) is 48.9 Å². The zero-order valence-electron chi connectivity index (χ0n) is 9.86. The minimum atomic E-state index is 0.201. The molecule has 0 radical (unpaired) electrons. The standard InChI is InChI=1S/C14H18N2O/c15-9-5-7-10(8-6-9)16-14(17)13-11-3-1-2-4-12(11)13/h5-8,11-13H,1-4,15H2,(H,16,17). The summed E-state index contributed by atoms with van der Waals surface area (Å²) in [6, 6.07) is 7.35. The quantitative estimate of drug-likeness (QED) is 0.767. The van der Waals surface area contributed by atoms with Crippen LogP contribution in [0.25, 0.3) is 0 Å². The van der Waals surface area contributed by atoms with Crippen LogP contribution in [0.3, 0.4) is 0 Å². The topological polar surface area (TPSA) is 55.1 Å². The van der Waals surface area contributed by atoms with E-state index < -0.39 is 0 Å². The molecule has 0 bridgehead atoms. The smallest absolute Gasteiger partial charge is 0.228 e. The van der Waals surface area contributed by atoms with Crippen molar-refractivity contribution in [3.8, 4) is 0 Å². The lowest BCUT2D eigenvalue weighted by Crippen LogP contribution is -2.15. The summed E-state index contributed by atoms with van der Waals surface area (Å²) in [5, 5.41) is 2.99. The van der Waals surface area contributed by atoms with Crippen molar-refractivity contribution in [2.24, 2.45) is 17.8 Å². The summed E-state index contributed by atoms with van der Waals surface area (Å²) in [5.41, 5.74) is 7.19. The summed E-state index contributed by atoms with van der Waals surface area (Å²) in [6.45, 7) is 0. The van der Waals surface area contributed by atoms with Gasteiger partial charge in [0.05, 0.1) is 0 Å². The Bertz CT molecular complexity index is 414. The Kier molecular flexibility index (Phi) is 2.54. The van der Waals surface area contributed by atoms with Crippen LogP contribution >= 0.6 is 0 Å². The molecule has 0 heterocycles. The predicted molar refractivity (Wildman–Crippen MR) is 68.4 cm³/mol. The van der Waals surface area contributed by atoms with Crippen LogP contribution in [0.15, 0.2) is 24.3 Å². The lowest BCUT2D eigenvalue weighted by molar-refractivity contribution is -0.117. The van der Waals surface area contributed by atoms with Crippen molar-refractivity contribution < 1.29 is 4.79 Å². The molecule has 0 saturated heterocycles. The van der Waals surface area contributed by atoms with Crippen molar-refractivity contribution in [2.75, 3.05) is 11.1 Å². The Balaban J connectivity index is 1.62. The number of hydrogen-bond acceptors (Lipinski definition) is 2. The minimum Gasteiger partial charge on any atom is -0.399 e. The van der Waals surface area contributed by atoms with Gasteiger partial charge in [-0.2, -0.15) is 0 Å². The van der Waals surface area contributed by atoms with Gasteiger partial charge in [0.2, 0.25) is 5.91 Å². The van der Waals surface area contributed by atoms with Gasteiger partial charge in [-0.1, -0.05) is 12.8 Å². The SMILES string of the molecule is Nc1ccc(NC(=O)C2C3CCCCC32)cc1. The lowest BCUT2D eigenvalue weighted by atomic mass is 10.0. The van der Waals surface area contributed by atoms with E-state index >= 15 is 0 Å². The Morgan fingerprint density at radius 2 is 1.71 bits per heavy atom. The highest BCUT2D eigenvalue weighted by molar-refractivity contribution is 5.95. The van der Waals surface area contributed by atoms with E-state index in [-0.39, 0.29) is 11.8 Å².